The molecule has 2 aromatic heterocycles. The minimum Gasteiger partial charge on any atom is -0.492 e. The molecule has 7 nitrogen and oxygen atoms in total. The Labute approximate surface area is 167 Å². The number of aromatic amines is 1. The van der Waals surface area contributed by atoms with Crippen LogP contribution in [0.2, 0.25) is 0 Å². The van der Waals surface area contributed by atoms with E-state index in [4.69, 9.17) is 10.5 Å². The molecule has 0 aliphatic heterocycles. The van der Waals surface area contributed by atoms with Crippen molar-refractivity contribution in [3.8, 4) is 5.75 Å². The zero-order valence-corrected chi connectivity index (χ0v) is 15.9. The first-order valence-corrected chi connectivity index (χ1v) is 9.20. The number of rotatable bonds is 7. The molecular formula is C21H21FN6O. The highest BCUT2D eigenvalue weighted by atomic mass is 19.1. The summed E-state index contributed by atoms with van der Waals surface area (Å²) >= 11 is 0. The third kappa shape index (κ3) is 4.27. The Balaban J connectivity index is 1.53. The van der Waals surface area contributed by atoms with Gasteiger partial charge < -0.3 is 26.1 Å². The average Bonchev–Trinajstić information content (AvgIpc) is 3.10. The quantitative estimate of drug-likeness (QED) is 0.375. The zero-order chi connectivity index (χ0) is 20.2. The number of fused-ring (bicyclic) bond motifs is 1. The summed E-state index contributed by atoms with van der Waals surface area (Å²) in [6, 6.07) is 14.4. The molecule has 0 aliphatic carbocycles. The lowest BCUT2D eigenvalue weighted by atomic mass is 10.2. The fourth-order valence-electron chi connectivity index (χ4n) is 3.00. The number of hydrogen-bond donors (Lipinski definition) is 4. The number of nitrogens with zero attached hydrogens (tertiary/aromatic N) is 2. The lowest BCUT2D eigenvalue weighted by Gasteiger charge is -2.10. The maximum atomic E-state index is 14.8. The lowest BCUT2D eigenvalue weighted by Crippen LogP contribution is -2.10. The van der Waals surface area contributed by atoms with Gasteiger partial charge in [0.2, 0.25) is 5.95 Å². The van der Waals surface area contributed by atoms with Gasteiger partial charge in [0, 0.05) is 41.1 Å². The molecule has 0 saturated carbocycles. The van der Waals surface area contributed by atoms with E-state index in [1.54, 1.807) is 24.4 Å². The Morgan fingerprint density at radius 1 is 1.14 bits per heavy atom. The van der Waals surface area contributed by atoms with E-state index in [9.17, 15) is 4.39 Å². The van der Waals surface area contributed by atoms with E-state index in [-0.39, 0.29) is 5.82 Å². The van der Waals surface area contributed by atoms with Crippen molar-refractivity contribution in [2.75, 3.05) is 23.8 Å². The molecule has 0 unspecified atom stereocenters. The van der Waals surface area contributed by atoms with Gasteiger partial charge in [-0.3, -0.25) is 0 Å². The van der Waals surface area contributed by atoms with Gasteiger partial charge in [-0.05, 0) is 43.3 Å². The number of aromatic nitrogens is 3. The van der Waals surface area contributed by atoms with Gasteiger partial charge in [0.1, 0.15) is 18.2 Å². The van der Waals surface area contributed by atoms with Crippen LogP contribution in [-0.4, -0.2) is 28.1 Å². The number of nitrogens with one attached hydrogen (secondary N) is 3. The van der Waals surface area contributed by atoms with Crippen molar-refractivity contribution < 1.29 is 9.13 Å². The van der Waals surface area contributed by atoms with E-state index < -0.39 is 0 Å². The molecule has 0 saturated heterocycles. The summed E-state index contributed by atoms with van der Waals surface area (Å²) in [6.45, 7) is 2.78. The second-order valence-corrected chi connectivity index (χ2v) is 6.52. The highest BCUT2D eigenvalue weighted by Crippen LogP contribution is 2.27. The van der Waals surface area contributed by atoms with E-state index in [1.165, 1.54) is 0 Å². The van der Waals surface area contributed by atoms with E-state index in [0.29, 0.717) is 41.7 Å². The number of anilines is 4. The van der Waals surface area contributed by atoms with Crippen LogP contribution in [0, 0.1) is 12.7 Å². The van der Waals surface area contributed by atoms with Gasteiger partial charge >= 0.3 is 0 Å². The third-order valence-electron chi connectivity index (χ3n) is 4.27. The first-order chi connectivity index (χ1) is 14.1. The molecule has 2 heterocycles. The van der Waals surface area contributed by atoms with Gasteiger partial charge in [-0.1, -0.05) is 6.07 Å². The Kier molecular flexibility index (Phi) is 5.26. The fraction of sp³-hybridized carbons (Fsp3) is 0.143. The summed E-state index contributed by atoms with van der Waals surface area (Å²) in [4.78, 5) is 11.8. The molecule has 0 radical (unpaired) electrons. The molecule has 0 aliphatic rings. The molecule has 29 heavy (non-hydrogen) atoms. The molecule has 4 rings (SSSR count). The second-order valence-electron chi connectivity index (χ2n) is 6.52. The molecule has 148 valence electrons. The summed E-state index contributed by atoms with van der Waals surface area (Å²) < 4.78 is 20.3. The van der Waals surface area contributed by atoms with Gasteiger partial charge in [0.15, 0.2) is 5.82 Å². The SMILES string of the molecule is Cc1cc2c(F)c(Nc3ccnc(Nc4cccc(OCCN)c4)n3)ccc2[nH]1. The monoisotopic (exact) mass is 392 g/mol. The number of benzene rings is 2. The van der Waals surface area contributed by atoms with Gasteiger partial charge in [-0.15, -0.1) is 0 Å². The third-order valence-corrected chi connectivity index (χ3v) is 4.27. The van der Waals surface area contributed by atoms with Crippen LogP contribution in [-0.2, 0) is 0 Å². The first-order valence-electron chi connectivity index (χ1n) is 9.20. The smallest absolute Gasteiger partial charge is 0.229 e. The Hall–Kier alpha value is -3.65. The summed E-state index contributed by atoms with van der Waals surface area (Å²) in [5.74, 6) is 1.23. The molecule has 0 bridgehead atoms. The van der Waals surface area contributed by atoms with Gasteiger partial charge in [-0.25, -0.2) is 9.37 Å². The largest absolute Gasteiger partial charge is 0.492 e. The van der Waals surface area contributed by atoms with Crippen molar-refractivity contribution in [3.63, 3.8) is 0 Å². The van der Waals surface area contributed by atoms with Crippen molar-refractivity contribution in [1.29, 1.82) is 0 Å². The highest BCUT2D eigenvalue weighted by Gasteiger charge is 2.10. The minimum absolute atomic E-state index is 0.329. The van der Waals surface area contributed by atoms with Crippen molar-refractivity contribution in [3.05, 3.63) is 66.2 Å². The summed E-state index contributed by atoms with van der Waals surface area (Å²) in [5, 5.41) is 6.68. The van der Waals surface area contributed by atoms with Crippen LogP contribution >= 0.6 is 0 Å². The molecule has 2 aromatic carbocycles. The van der Waals surface area contributed by atoms with Crippen LogP contribution in [0.4, 0.5) is 27.5 Å². The highest BCUT2D eigenvalue weighted by molar-refractivity contribution is 5.85. The Morgan fingerprint density at radius 3 is 2.90 bits per heavy atom. The van der Waals surface area contributed by atoms with Crippen molar-refractivity contribution in [1.82, 2.24) is 15.0 Å². The van der Waals surface area contributed by atoms with Crippen molar-refractivity contribution >= 4 is 34.0 Å². The number of hydrogen-bond acceptors (Lipinski definition) is 6. The van der Waals surface area contributed by atoms with Gasteiger partial charge in [0.25, 0.3) is 0 Å². The van der Waals surface area contributed by atoms with E-state index in [1.807, 2.05) is 37.3 Å². The normalized spacial score (nSPS) is 10.9. The topological polar surface area (TPSA) is 101 Å². The van der Waals surface area contributed by atoms with Crippen LogP contribution in [0.5, 0.6) is 5.75 Å². The summed E-state index contributed by atoms with van der Waals surface area (Å²) in [5.41, 5.74) is 8.24. The first kappa shape index (κ1) is 18.7. The van der Waals surface area contributed by atoms with Crippen LogP contribution in [0.3, 0.4) is 0 Å². The molecule has 5 N–H and O–H groups in total. The molecule has 8 heteroatoms. The Bertz CT molecular complexity index is 1140. The van der Waals surface area contributed by atoms with Crippen LogP contribution in [0.1, 0.15) is 5.69 Å². The summed E-state index contributed by atoms with van der Waals surface area (Å²) in [6.07, 6.45) is 1.60. The molecule has 4 aromatic rings. The minimum atomic E-state index is -0.329. The number of aryl methyl sites for hydroxylation is 1. The molecular weight excluding hydrogens is 371 g/mol. The zero-order valence-electron chi connectivity index (χ0n) is 15.9. The van der Waals surface area contributed by atoms with E-state index in [0.717, 1.165) is 16.9 Å². The molecule has 0 spiro atoms. The number of ether oxygens (including phenoxy) is 1. The number of nitrogens with two attached hydrogens (primary N) is 1. The fourth-order valence-corrected chi connectivity index (χ4v) is 3.00. The predicted octanol–water partition coefficient (Wildman–Crippen LogP) is 4.23. The molecule has 0 amide bonds. The summed E-state index contributed by atoms with van der Waals surface area (Å²) in [7, 11) is 0. The standard InChI is InChI=1S/C21H21FN6O/c1-13-11-16-17(25-13)5-6-18(20(16)22)27-19-7-9-24-21(28-19)26-14-3-2-4-15(12-14)29-10-8-23/h2-7,9,11-12,25H,8,10,23H2,1H3,(H2,24,26,27,28). The maximum absolute atomic E-state index is 14.8. The van der Waals surface area contributed by atoms with E-state index in [2.05, 4.69) is 25.6 Å². The van der Waals surface area contributed by atoms with Crippen LogP contribution in [0.15, 0.2) is 54.7 Å². The van der Waals surface area contributed by atoms with Crippen LogP contribution < -0.4 is 21.1 Å². The van der Waals surface area contributed by atoms with E-state index >= 15 is 0 Å². The lowest BCUT2D eigenvalue weighted by molar-refractivity contribution is 0.328. The molecule has 0 fully saturated rings. The van der Waals surface area contributed by atoms with Crippen LogP contribution in [0.25, 0.3) is 10.9 Å². The average molecular weight is 392 g/mol. The molecule has 0 atom stereocenters. The maximum Gasteiger partial charge on any atom is 0.229 e. The number of halogens is 1. The predicted molar refractivity (Wildman–Crippen MR) is 113 cm³/mol. The van der Waals surface area contributed by atoms with Crippen molar-refractivity contribution in [2.45, 2.75) is 6.92 Å². The second kappa shape index (κ2) is 8.15. The van der Waals surface area contributed by atoms with Gasteiger partial charge in [-0.2, -0.15) is 4.98 Å². The van der Waals surface area contributed by atoms with Gasteiger partial charge in [0.05, 0.1) is 5.69 Å². The van der Waals surface area contributed by atoms with Crippen molar-refractivity contribution in [2.24, 2.45) is 5.73 Å². The Morgan fingerprint density at radius 2 is 2.03 bits per heavy atom. The number of H-pyrrole nitrogens is 1.